The molecule has 0 aromatic heterocycles. The zero-order chi connectivity index (χ0) is 14.0. The number of hydrogen-bond acceptors (Lipinski definition) is 1. The lowest BCUT2D eigenvalue weighted by Crippen LogP contribution is -2.39. The van der Waals surface area contributed by atoms with Gasteiger partial charge in [-0.2, -0.15) is 13.2 Å². The third kappa shape index (κ3) is 3.03. The predicted octanol–water partition coefficient (Wildman–Crippen LogP) is 3.38. The van der Waals surface area contributed by atoms with Crippen molar-refractivity contribution in [1.29, 1.82) is 0 Å². The molecule has 0 saturated carbocycles. The number of rotatable bonds is 3. The van der Waals surface area contributed by atoms with Gasteiger partial charge in [-0.15, -0.1) is 11.6 Å². The first-order valence-electron chi connectivity index (χ1n) is 5.90. The van der Waals surface area contributed by atoms with Crippen LogP contribution in [0.15, 0.2) is 30.3 Å². The minimum Gasteiger partial charge on any atom is -0.326 e. The summed E-state index contributed by atoms with van der Waals surface area (Å²) < 4.78 is 39.7. The maximum Gasteiger partial charge on any atom is 0.413 e. The first-order chi connectivity index (χ1) is 8.93. The number of halogens is 4. The molecule has 1 heterocycles. The van der Waals surface area contributed by atoms with Crippen LogP contribution in [0.2, 0.25) is 0 Å². The molecule has 19 heavy (non-hydrogen) atoms. The largest absolute Gasteiger partial charge is 0.413 e. The summed E-state index contributed by atoms with van der Waals surface area (Å²) in [5.41, 5.74) is 0.0820. The monoisotopic (exact) mass is 291 g/mol. The van der Waals surface area contributed by atoms with Crippen LogP contribution in [0.5, 0.6) is 0 Å². The number of nitrogens with zero attached hydrogens (tertiary/aromatic N) is 1. The minimum absolute atomic E-state index is 0.0569. The van der Waals surface area contributed by atoms with E-state index in [0.717, 1.165) is 4.90 Å². The smallest absolute Gasteiger partial charge is 0.326 e. The molecule has 6 heteroatoms. The zero-order valence-electron chi connectivity index (χ0n) is 10.0. The first kappa shape index (κ1) is 14.2. The highest BCUT2D eigenvalue weighted by Crippen LogP contribution is 2.40. The van der Waals surface area contributed by atoms with Gasteiger partial charge in [-0.05, 0) is 11.5 Å². The fourth-order valence-electron chi connectivity index (χ4n) is 2.34. The number of carbonyl (C=O) groups excluding carboxylic acids is 1. The molecule has 2 nitrogen and oxygen atoms in total. The number of amides is 1. The fraction of sp³-hybridized carbons (Fsp3) is 0.462. The van der Waals surface area contributed by atoms with E-state index in [1.807, 2.05) is 0 Å². The van der Waals surface area contributed by atoms with E-state index >= 15 is 0 Å². The quantitative estimate of drug-likeness (QED) is 0.782. The molecule has 0 bridgehead atoms. The summed E-state index contributed by atoms with van der Waals surface area (Å²) in [6, 6.07) is 5.61. The Bertz CT molecular complexity index is 449. The lowest BCUT2D eigenvalue weighted by atomic mass is 10.1. The summed E-state index contributed by atoms with van der Waals surface area (Å²) in [6.07, 6.45) is -4.40. The number of benzene rings is 1. The van der Waals surface area contributed by atoms with Gasteiger partial charge in [0.1, 0.15) is 0 Å². The van der Waals surface area contributed by atoms with Crippen LogP contribution in [-0.4, -0.2) is 29.4 Å². The van der Waals surface area contributed by atoms with Crippen LogP contribution in [0.3, 0.4) is 0 Å². The van der Waals surface area contributed by atoms with Crippen molar-refractivity contribution in [2.75, 3.05) is 12.4 Å². The highest BCUT2D eigenvalue weighted by molar-refractivity contribution is 6.18. The average molecular weight is 292 g/mol. The van der Waals surface area contributed by atoms with E-state index < -0.39 is 18.1 Å². The average Bonchev–Trinajstić information content (AvgIpc) is 2.71. The van der Waals surface area contributed by atoms with Crippen molar-refractivity contribution in [3.8, 4) is 0 Å². The molecule has 1 saturated heterocycles. The van der Waals surface area contributed by atoms with E-state index in [1.54, 1.807) is 6.07 Å². The molecule has 1 aliphatic rings. The van der Waals surface area contributed by atoms with Crippen molar-refractivity contribution < 1.29 is 18.0 Å². The van der Waals surface area contributed by atoms with Crippen molar-refractivity contribution in [2.24, 2.45) is 5.92 Å². The van der Waals surface area contributed by atoms with Gasteiger partial charge in [0.25, 0.3) is 0 Å². The van der Waals surface area contributed by atoms with Gasteiger partial charge in [0, 0.05) is 18.8 Å². The molecule has 1 aromatic carbocycles. The standard InChI is InChI=1S/C13H13ClF3NO/c14-7-9-6-11(19)18(8-9)12(13(15,16)17)10-4-2-1-3-5-10/h1-5,9,12H,6-8H2. The van der Waals surface area contributed by atoms with Crippen LogP contribution in [0.1, 0.15) is 18.0 Å². The molecule has 0 N–H and O–H groups in total. The first-order valence-corrected chi connectivity index (χ1v) is 6.44. The van der Waals surface area contributed by atoms with Gasteiger partial charge >= 0.3 is 6.18 Å². The molecule has 1 aliphatic heterocycles. The highest BCUT2D eigenvalue weighted by Gasteiger charge is 2.49. The lowest BCUT2D eigenvalue weighted by molar-refractivity contribution is -0.189. The highest BCUT2D eigenvalue weighted by atomic mass is 35.5. The fourth-order valence-corrected chi connectivity index (χ4v) is 2.55. The Balaban J connectivity index is 2.32. The van der Waals surface area contributed by atoms with Crippen LogP contribution in [-0.2, 0) is 4.79 Å². The summed E-state index contributed by atoms with van der Waals surface area (Å²) in [5.74, 6) is -0.499. The van der Waals surface area contributed by atoms with Crippen LogP contribution in [0.4, 0.5) is 13.2 Å². The van der Waals surface area contributed by atoms with Gasteiger partial charge < -0.3 is 4.90 Å². The molecule has 104 valence electrons. The summed E-state index contributed by atoms with van der Waals surface area (Å²) in [6.45, 7) is 0.0569. The normalized spacial score (nSPS) is 21.8. The lowest BCUT2D eigenvalue weighted by Gasteiger charge is -2.30. The van der Waals surface area contributed by atoms with E-state index in [-0.39, 0.29) is 30.3 Å². The number of alkyl halides is 4. The molecular formula is C13H13ClF3NO. The SMILES string of the molecule is O=C1CC(CCl)CN1C(c1ccccc1)C(F)(F)F. The molecule has 0 spiro atoms. The zero-order valence-corrected chi connectivity index (χ0v) is 10.8. The molecule has 2 atom stereocenters. The molecule has 0 aliphatic carbocycles. The Morgan fingerprint density at radius 3 is 2.42 bits per heavy atom. The third-order valence-corrected chi connectivity index (χ3v) is 3.63. The third-order valence-electron chi connectivity index (χ3n) is 3.19. The van der Waals surface area contributed by atoms with Crippen LogP contribution in [0.25, 0.3) is 0 Å². The molecule has 1 amide bonds. The van der Waals surface area contributed by atoms with Crippen molar-refractivity contribution in [3.63, 3.8) is 0 Å². The number of carbonyl (C=O) groups is 1. The van der Waals surface area contributed by atoms with E-state index in [2.05, 4.69) is 0 Å². The second-order valence-corrected chi connectivity index (χ2v) is 4.93. The van der Waals surface area contributed by atoms with E-state index in [4.69, 9.17) is 11.6 Å². The summed E-state index contributed by atoms with van der Waals surface area (Å²) in [4.78, 5) is 12.7. The minimum atomic E-state index is -4.49. The molecule has 1 aromatic rings. The molecule has 0 radical (unpaired) electrons. The summed E-state index contributed by atoms with van der Waals surface area (Å²) >= 11 is 5.64. The molecular weight excluding hydrogens is 279 g/mol. The summed E-state index contributed by atoms with van der Waals surface area (Å²) in [7, 11) is 0. The van der Waals surface area contributed by atoms with Crippen LogP contribution in [0, 0.1) is 5.92 Å². The van der Waals surface area contributed by atoms with Crippen molar-refractivity contribution >= 4 is 17.5 Å². The maximum absolute atomic E-state index is 13.2. The van der Waals surface area contributed by atoms with Gasteiger partial charge in [0.15, 0.2) is 6.04 Å². The van der Waals surface area contributed by atoms with Gasteiger partial charge in [0.05, 0.1) is 0 Å². The van der Waals surface area contributed by atoms with E-state index in [9.17, 15) is 18.0 Å². The Labute approximate surface area is 114 Å². The van der Waals surface area contributed by atoms with Crippen LogP contribution < -0.4 is 0 Å². The van der Waals surface area contributed by atoms with Crippen molar-refractivity contribution in [1.82, 2.24) is 4.90 Å². The second-order valence-electron chi connectivity index (χ2n) is 4.63. The topological polar surface area (TPSA) is 20.3 Å². The Morgan fingerprint density at radius 1 is 1.32 bits per heavy atom. The number of hydrogen-bond donors (Lipinski definition) is 0. The van der Waals surface area contributed by atoms with E-state index in [1.165, 1.54) is 24.3 Å². The van der Waals surface area contributed by atoms with Crippen molar-refractivity contribution in [3.05, 3.63) is 35.9 Å². The summed E-state index contributed by atoms with van der Waals surface area (Å²) in [5, 5.41) is 0. The Kier molecular flexibility index (Phi) is 4.04. The molecule has 1 fully saturated rings. The molecule has 2 rings (SSSR count). The second kappa shape index (κ2) is 5.41. The van der Waals surface area contributed by atoms with Gasteiger partial charge in [-0.3, -0.25) is 4.79 Å². The van der Waals surface area contributed by atoms with Crippen LogP contribution >= 0.6 is 11.6 Å². The van der Waals surface area contributed by atoms with Gasteiger partial charge in [-0.1, -0.05) is 30.3 Å². The number of likely N-dealkylation sites (tertiary alicyclic amines) is 1. The van der Waals surface area contributed by atoms with Gasteiger partial charge in [-0.25, -0.2) is 0 Å². The molecule has 2 unspecified atom stereocenters. The maximum atomic E-state index is 13.2. The van der Waals surface area contributed by atoms with E-state index in [0.29, 0.717) is 0 Å². The predicted molar refractivity (Wildman–Crippen MR) is 65.8 cm³/mol. The van der Waals surface area contributed by atoms with Crippen molar-refractivity contribution in [2.45, 2.75) is 18.6 Å². The van der Waals surface area contributed by atoms with Gasteiger partial charge in [0.2, 0.25) is 5.91 Å². The Hall–Kier alpha value is -1.23. The Morgan fingerprint density at radius 2 is 1.95 bits per heavy atom.